The highest BCUT2D eigenvalue weighted by Gasteiger charge is 2.19. The van der Waals surface area contributed by atoms with E-state index in [1.807, 2.05) is 43.3 Å². The first-order chi connectivity index (χ1) is 13.2. The molecule has 0 aliphatic rings. The Bertz CT molecular complexity index is 911. The van der Waals surface area contributed by atoms with Gasteiger partial charge < -0.3 is 14.4 Å². The fourth-order valence-corrected chi connectivity index (χ4v) is 2.82. The van der Waals surface area contributed by atoms with Crippen molar-refractivity contribution in [2.75, 3.05) is 20.8 Å². The zero-order chi connectivity index (χ0) is 19.2. The number of carbonyl (C=O) groups excluding carboxylic acids is 1. The molecule has 0 saturated heterocycles. The molecular formula is C19H21N5O3. The van der Waals surface area contributed by atoms with Crippen LogP contribution in [0.3, 0.4) is 0 Å². The first-order valence-corrected chi connectivity index (χ1v) is 8.50. The van der Waals surface area contributed by atoms with Gasteiger partial charge in [-0.05, 0) is 47.2 Å². The summed E-state index contributed by atoms with van der Waals surface area (Å²) in [5.74, 6) is 1.19. The average molecular weight is 367 g/mol. The van der Waals surface area contributed by atoms with Crippen LogP contribution in [0.5, 0.6) is 11.5 Å². The lowest BCUT2D eigenvalue weighted by atomic mass is 10.1. The molecule has 1 heterocycles. The summed E-state index contributed by atoms with van der Waals surface area (Å²) >= 11 is 0. The first-order valence-electron chi connectivity index (χ1n) is 8.50. The number of nitrogens with zero attached hydrogens (tertiary/aromatic N) is 5. The van der Waals surface area contributed by atoms with Crippen LogP contribution in [0.1, 0.15) is 22.8 Å². The summed E-state index contributed by atoms with van der Waals surface area (Å²) in [7, 11) is 3.18. The van der Waals surface area contributed by atoms with Crippen LogP contribution in [0.4, 0.5) is 0 Å². The molecule has 27 heavy (non-hydrogen) atoms. The van der Waals surface area contributed by atoms with Crippen LogP contribution >= 0.6 is 0 Å². The molecule has 0 radical (unpaired) electrons. The highest BCUT2D eigenvalue weighted by molar-refractivity contribution is 5.97. The number of hydrogen-bond acceptors (Lipinski definition) is 6. The van der Waals surface area contributed by atoms with Gasteiger partial charge in [0.1, 0.15) is 6.33 Å². The number of para-hydroxylation sites is 1. The van der Waals surface area contributed by atoms with Crippen LogP contribution in [0, 0.1) is 0 Å². The summed E-state index contributed by atoms with van der Waals surface area (Å²) in [4.78, 5) is 14.9. The Labute approximate surface area is 157 Å². The molecule has 2 aromatic carbocycles. The molecule has 3 rings (SSSR count). The van der Waals surface area contributed by atoms with Crippen molar-refractivity contribution < 1.29 is 14.3 Å². The molecule has 8 nitrogen and oxygen atoms in total. The largest absolute Gasteiger partial charge is 0.493 e. The lowest BCUT2D eigenvalue weighted by Crippen LogP contribution is -2.31. The van der Waals surface area contributed by atoms with Crippen molar-refractivity contribution in [1.29, 1.82) is 0 Å². The maximum absolute atomic E-state index is 13.2. The predicted molar refractivity (Wildman–Crippen MR) is 99.1 cm³/mol. The van der Waals surface area contributed by atoms with E-state index in [0.717, 1.165) is 5.56 Å². The highest BCUT2D eigenvalue weighted by Crippen LogP contribution is 2.28. The normalized spacial score (nSPS) is 10.5. The van der Waals surface area contributed by atoms with E-state index in [4.69, 9.17) is 9.47 Å². The van der Waals surface area contributed by atoms with Crippen molar-refractivity contribution in [2.45, 2.75) is 13.5 Å². The Morgan fingerprint density at radius 1 is 1.11 bits per heavy atom. The number of hydrogen-bond donors (Lipinski definition) is 0. The molecule has 3 aromatic rings. The lowest BCUT2D eigenvalue weighted by molar-refractivity contribution is 0.0752. The van der Waals surface area contributed by atoms with E-state index in [0.29, 0.717) is 35.8 Å². The Morgan fingerprint density at radius 2 is 1.89 bits per heavy atom. The minimum absolute atomic E-state index is 0.0987. The minimum atomic E-state index is -0.0987. The van der Waals surface area contributed by atoms with E-state index in [2.05, 4.69) is 15.5 Å². The maximum Gasteiger partial charge on any atom is 0.256 e. The van der Waals surface area contributed by atoms with Crippen molar-refractivity contribution >= 4 is 5.91 Å². The Balaban J connectivity index is 1.88. The number of ether oxygens (including phenoxy) is 2. The van der Waals surface area contributed by atoms with Gasteiger partial charge >= 0.3 is 0 Å². The molecule has 0 aliphatic heterocycles. The Morgan fingerprint density at radius 3 is 2.56 bits per heavy atom. The third-order valence-electron chi connectivity index (χ3n) is 4.22. The van der Waals surface area contributed by atoms with Crippen molar-refractivity contribution in [3.05, 3.63) is 59.9 Å². The maximum atomic E-state index is 13.2. The second-order valence-electron chi connectivity index (χ2n) is 5.78. The number of aromatic nitrogens is 4. The summed E-state index contributed by atoms with van der Waals surface area (Å²) in [5.41, 5.74) is 2.12. The van der Waals surface area contributed by atoms with Crippen LogP contribution in [-0.4, -0.2) is 51.8 Å². The summed E-state index contributed by atoms with van der Waals surface area (Å²) in [6.45, 7) is 2.94. The lowest BCUT2D eigenvalue weighted by Gasteiger charge is -2.22. The van der Waals surface area contributed by atoms with Gasteiger partial charge in [0.25, 0.3) is 5.91 Å². The van der Waals surface area contributed by atoms with Gasteiger partial charge in [0.2, 0.25) is 0 Å². The topological polar surface area (TPSA) is 82.4 Å². The van der Waals surface area contributed by atoms with Gasteiger partial charge in [-0.25, -0.2) is 0 Å². The summed E-state index contributed by atoms with van der Waals surface area (Å²) in [6, 6.07) is 12.9. The zero-order valence-electron chi connectivity index (χ0n) is 15.5. The molecule has 0 saturated carbocycles. The fraction of sp³-hybridized carbons (Fsp3) is 0.263. The summed E-state index contributed by atoms with van der Waals surface area (Å²) < 4.78 is 12.1. The van der Waals surface area contributed by atoms with Gasteiger partial charge in [0.15, 0.2) is 11.5 Å². The summed E-state index contributed by atoms with van der Waals surface area (Å²) in [6.07, 6.45) is 1.47. The standard InChI is InChI=1S/C19H21N5O3/c1-4-23(12-14-9-10-17(26-2)18(11-14)27-3)19(25)15-7-5-6-8-16(15)24-13-20-21-22-24/h5-11,13H,4,12H2,1-3H3. The van der Waals surface area contributed by atoms with E-state index >= 15 is 0 Å². The van der Waals surface area contributed by atoms with Gasteiger partial charge in [0.05, 0.1) is 25.5 Å². The Hall–Kier alpha value is -3.42. The van der Waals surface area contributed by atoms with Crippen LogP contribution < -0.4 is 9.47 Å². The number of rotatable bonds is 7. The first kappa shape index (κ1) is 18.4. The second-order valence-corrected chi connectivity index (χ2v) is 5.78. The van der Waals surface area contributed by atoms with Gasteiger partial charge in [0, 0.05) is 13.1 Å². The molecule has 0 unspecified atom stereocenters. The van der Waals surface area contributed by atoms with Gasteiger partial charge in [-0.2, -0.15) is 4.68 Å². The minimum Gasteiger partial charge on any atom is -0.493 e. The monoisotopic (exact) mass is 367 g/mol. The van der Waals surface area contributed by atoms with Gasteiger partial charge in [-0.15, -0.1) is 5.10 Å². The SMILES string of the molecule is CCN(Cc1ccc(OC)c(OC)c1)C(=O)c1ccccc1-n1cnnn1. The molecule has 1 aromatic heterocycles. The molecule has 0 aliphatic carbocycles. The third-order valence-corrected chi connectivity index (χ3v) is 4.22. The van der Waals surface area contributed by atoms with E-state index in [-0.39, 0.29) is 5.91 Å². The summed E-state index contributed by atoms with van der Waals surface area (Å²) in [5, 5.41) is 11.2. The van der Waals surface area contributed by atoms with Crippen molar-refractivity contribution in [3.63, 3.8) is 0 Å². The molecular weight excluding hydrogens is 346 g/mol. The number of methoxy groups -OCH3 is 2. The number of tetrazole rings is 1. The quantitative estimate of drug-likeness (QED) is 0.637. The molecule has 0 atom stereocenters. The average Bonchev–Trinajstić information content (AvgIpc) is 3.26. The second kappa shape index (κ2) is 8.31. The van der Waals surface area contributed by atoms with Gasteiger partial charge in [-0.3, -0.25) is 4.79 Å². The van der Waals surface area contributed by atoms with Crippen LogP contribution in [0.2, 0.25) is 0 Å². The van der Waals surface area contributed by atoms with Crippen molar-refractivity contribution in [1.82, 2.24) is 25.1 Å². The van der Waals surface area contributed by atoms with Crippen LogP contribution in [-0.2, 0) is 6.54 Å². The number of benzene rings is 2. The van der Waals surface area contributed by atoms with E-state index in [1.165, 1.54) is 11.0 Å². The van der Waals surface area contributed by atoms with E-state index < -0.39 is 0 Å². The van der Waals surface area contributed by atoms with Crippen LogP contribution in [0.15, 0.2) is 48.8 Å². The number of amides is 1. The number of carbonyl (C=O) groups is 1. The van der Waals surface area contributed by atoms with Crippen molar-refractivity contribution in [2.24, 2.45) is 0 Å². The van der Waals surface area contributed by atoms with Crippen LogP contribution in [0.25, 0.3) is 5.69 Å². The van der Waals surface area contributed by atoms with E-state index in [9.17, 15) is 4.79 Å². The molecule has 0 spiro atoms. The molecule has 0 fully saturated rings. The fourth-order valence-electron chi connectivity index (χ4n) is 2.82. The third kappa shape index (κ3) is 3.89. The predicted octanol–water partition coefficient (Wildman–Crippen LogP) is 2.34. The molecule has 0 bridgehead atoms. The highest BCUT2D eigenvalue weighted by atomic mass is 16.5. The molecule has 1 amide bonds. The molecule has 8 heteroatoms. The molecule has 140 valence electrons. The van der Waals surface area contributed by atoms with Gasteiger partial charge in [-0.1, -0.05) is 18.2 Å². The zero-order valence-corrected chi connectivity index (χ0v) is 15.5. The smallest absolute Gasteiger partial charge is 0.256 e. The van der Waals surface area contributed by atoms with E-state index in [1.54, 1.807) is 25.2 Å². The molecule has 0 N–H and O–H groups in total. The van der Waals surface area contributed by atoms with Crippen molar-refractivity contribution in [3.8, 4) is 17.2 Å². The Kier molecular flexibility index (Phi) is 5.65.